The van der Waals surface area contributed by atoms with Gasteiger partial charge in [0.2, 0.25) is 11.6 Å². The van der Waals surface area contributed by atoms with Gasteiger partial charge in [0, 0.05) is 12.4 Å². The van der Waals surface area contributed by atoms with E-state index in [-0.39, 0.29) is 11.6 Å². The molecule has 3 nitrogen and oxygen atoms in total. The minimum absolute atomic E-state index is 0.268. The fraction of sp³-hybridized carbons (Fsp3) is 0.0909. The maximum absolute atomic E-state index is 12.8. The lowest BCUT2D eigenvalue weighted by molar-refractivity contribution is -0.138. The maximum atomic E-state index is 12.8. The molecule has 0 fully saturated rings. The number of nitrogens with one attached hydrogen (secondary N) is 1. The topological polar surface area (TPSA) is 49.9 Å². The first-order valence-corrected chi connectivity index (χ1v) is 8.43. The molecule has 0 amide bonds. The highest BCUT2D eigenvalue weighted by Gasteiger charge is 2.48. The van der Waals surface area contributed by atoms with E-state index in [9.17, 15) is 9.59 Å². The molecule has 2 atom stereocenters. The first kappa shape index (κ1) is 13.1. The van der Waals surface area contributed by atoms with E-state index in [0.717, 1.165) is 43.8 Å². The summed E-state index contributed by atoms with van der Waals surface area (Å²) in [6.07, 6.45) is 3.87. The van der Waals surface area contributed by atoms with E-state index < -0.39 is 11.8 Å². The number of rotatable bonds is 0. The minimum Gasteiger partial charge on any atom is -0.366 e. The van der Waals surface area contributed by atoms with Gasteiger partial charge in [-0.15, -0.1) is 0 Å². The molecule has 0 radical (unpaired) electrons. The van der Waals surface area contributed by atoms with Crippen LogP contribution in [-0.2, 0) is 9.59 Å². The van der Waals surface area contributed by atoms with Gasteiger partial charge < -0.3 is 4.98 Å². The third kappa shape index (κ3) is 1.51. The molecule has 3 aliphatic rings. The summed E-state index contributed by atoms with van der Waals surface area (Å²) in [6.45, 7) is 0. The first-order chi connectivity index (χ1) is 12.2. The van der Waals surface area contributed by atoms with E-state index in [0.29, 0.717) is 0 Å². The molecule has 2 bridgehead atoms. The summed E-state index contributed by atoms with van der Waals surface area (Å²) in [6, 6.07) is 16.4. The van der Waals surface area contributed by atoms with E-state index in [1.54, 1.807) is 0 Å². The lowest BCUT2D eigenvalue weighted by Gasteiger charge is -2.38. The molecule has 1 N–H and O–H groups in total. The number of benzene rings is 3. The standard InChI is InChI=1S/C22H13NO2/c24-21-19-15-5-11-3-1-2-4-12(11)6-16(15)20(22(21)25)18-8-14-10-23-9-13(14)7-17(18)19/h1-10,19-20,23H. The van der Waals surface area contributed by atoms with Crippen LogP contribution in [0, 0.1) is 0 Å². The molecule has 1 aromatic heterocycles. The molecule has 2 unspecified atom stereocenters. The van der Waals surface area contributed by atoms with Crippen LogP contribution < -0.4 is 0 Å². The Morgan fingerprint density at radius 3 is 1.44 bits per heavy atom. The van der Waals surface area contributed by atoms with Crippen LogP contribution in [0.4, 0.5) is 0 Å². The molecule has 3 heteroatoms. The lowest BCUT2D eigenvalue weighted by atomic mass is 9.62. The Morgan fingerprint density at radius 1 is 0.600 bits per heavy atom. The monoisotopic (exact) mass is 323 g/mol. The second-order valence-corrected chi connectivity index (χ2v) is 6.99. The Balaban J connectivity index is 1.75. The molecule has 7 rings (SSSR count). The van der Waals surface area contributed by atoms with Crippen molar-refractivity contribution in [1.29, 1.82) is 0 Å². The van der Waals surface area contributed by atoms with Crippen LogP contribution >= 0.6 is 0 Å². The van der Waals surface area contributed by atoms with Crippen LogP contribution in [0.3, 0.4) is 0 Å². The van der Waals surface area contributed by atoms with Crippen molar-refractivity contribution >= 4 is 33.1 Å². The molecule has 0 aliphatic heterocycles. The Hall–Kier alpha value is -3.20. The van der Waals surface area contributed by atoms with Crippen molar-refractivity contribution in [2.45, 2.75) is 11.8 Å². The highest BCUT2D eigenvalue weighted by atomic mass is 16.2. The van der Waals surface area contributed by atoms with Crippen LogP contribution in [-0.4, -0.2) is 16.6 Å². The summed E-state index contributed by atoms with van der Waals surface area (Å²) >= 11 is 0. The van der Waals surface area contributed by atoms with Crippen LogP contribution in [0.5, 0.6) is 0 Å². The van der Waals surface area contributed by atoms with Gasteiger partial charge in [-0.05, 0) is 68.1 Å². The first-order valence-electron chi connectivity index (χ1n) is 8.43. The normalized spacial score (nSPS) is 21.0. The number of carbonyl (C=O) groups excluding carboxylic acids is 2. The smallest absolute Gasteiger partial charge is 0.211 e. The van der Waals surface area contributed by atoms with Crippen molar-refractivity contribution in [3.8, 4) is 0 Å². The van der Waals surface area contributed by atoms with Crippen molar-refractivity contribution in [2.75, 3.05) is 0 Å². The summed E-state index contributed by atoms with van der Waals surface area (Å²) in [7, 11) is 0. The predicted molar refractivity (Wildman–Crippen MR) is 95.9 cm³/mol. The minimum atomic E-state index is -0.466. The molecular weight excluding hydrogens is 310 g/mol. The molecular formula is C22H13NO2. The van der Waals surface area contributed by atoms with E-state index in [1.807, 2.05) is 24.5 Å². The van der Waals surface area contributed by atoms with E-state index >= 15 is 0 Å². The third-order valence-electron chi connectivity index (χ3n) is 5.73. The largest absolute Gasteiger partial charge is 0.366 e. The highest BCUT2D eigenvalue weighted by molar-refractivity contribution is 6.45. The zero-order chi connectivity index (χ0) is 16.7. The summed E-state index contributed by atoms with van der Waals surface area (Å²) in [5, 5.41) is 4.37. The van der Waals surface area contributed by atoms with Gasteiger partial charge in [0.05, 0.1) is 11.8 Å². The van der Waals surface area contributed by atoms with Gasteiger partial charge in [0.15, 0.2) is 0 Å². The molecule has 4 aromatic rings. The molecule has 25 heavy (non-hydrogen) atoms. The molecule has 0 saturated carbocycles. The Labute approximate surface area is 143 Å². The Morgan fingerprint density at radius 2 is 1.00 bits per heavy atom. The Kier molecular flexibility index (Phi) is 2.23. The van der Waals surface area contributed by atoms with Gasteiger partial charge in [-0.25, -0.2) is 0 Å². The third-order valence-corrected chi connectivity index (χ3v) is 5.73. The van der Waals surface area contributed by atoms with Crippen molar-refractivity contribution in [3.05, 3.63) is 83.2 Å². The van der Waals surface area contributed by atoms with Crippen LogP contribution in [0.1, 0.15) is 34.1 Å². The van der Waals surface area contributed by atoms with Gasteiger partial charge in [0.25, 0.3) is 0 Å². The van der Waals surface area contributed by atoms with Crippen LogP contribution in [0.2, 0.25) is 0 Å². The average Bonchev–Trinajstić information content (AvgIpc) is 3.08. The van der Waals surface area contributed by atoms with Gasteiger partial charge in [0.1, 0.15) is 0 Å². The molecule has 0 saturated heterocycles. The van der Waals surface area contributed by atoms with E-state index in [1.165, 1.54) is 0 Å². The van der Waals surface area contributed by atoms with Crippen LogP contribution in [0.25, 0.3) is 21.5 Å². The Bertz CT molecular complexity index is 1150. The van der Waals surface area contributed by atoms with Crippen LogP contribution in [0.15, 0.2) is 60.9 Å². The molecule has 1 heterocycles. The number of hydrogen-bond acceptors (Lipinski definition) is 2. The second kappa shape index (κ2) is 4.25. The number of H-pyrrole nitrogens is 1. The lowest BCUT2D eigenvalue weighted by Crippen LogP contribution is -2.40. The van der Waals surface area contributed by atoms with E-state index in [2.05, 4.69) is 41.4 Å². The van der Waals surface area contributed by atoms with Crippen molar-refractivity contribution in [1.82, 2.24) is 4.98 Å². The SMILES string of the molecule is O=C1C(=O)C2c3cc4ccccc4cc3C1c1cc3c[nH]cc3cc12. The van der Waals surface area contributed by atoms with E-state index in [4.69, 9.17) is 0 Å². The van der Waals surface area contributed by atoms with Gasteiger partial charge in [-0.1, -0.05) is 24.3 Å². The summed E-state index contributed by atoms with van der Waals surface area (Å²) in [4.78, 5) is 28.6. The summed E-state index contributed by atoms with van der Waals surface area (Å²) in [5.41, 5.74) is 3.97. The summed E-state index contributed by atoms with van der Waals surface area (Å²) in [5.74, 6) is -1.47. The quantitative estimate of drug-likeness (QED) is 0.496. The second-order valence-electron chi connectivity index (χ2n) is 6.99. The van der Waals surface area contributed by atoms with Crippen molar-refractivity contribution < 1.29 is 9.59 Å². The number of Topliss-reactive ketones (excluding diaryl/α,β-unsaturated/α-hetero) is 2. The molecule has 3 aromatic carbocycles. The number of carbonyl (C=O) groups is 2. The summed E-state index contributed by atoms with van der Waals surface area (Å²) < 4.78 is 0. The molecule has 118 valence electrons. The fourth-order valence-electron chi connectivity index (χ4n) is 4.60. The number of fused-ring (bicyclic) bond motifs is 3. The number of aromatic amines is 1. The van der Waals surface area contributed by atoms with Gasteiger partial charge in [-0.2, -0.15) is 0 Å². The number of aromatic nitrogens is 1. The number of hydrogen-bond donors (Lipinski definition) is 1. The average molecular weight is 323 g/mol. The molecule has 0 spiro atoms. The zero-order valence-electron chi connectivity index (χ0n) is 13.2. The fourth-order valence-corrected chi connectivity index (χ4v) is 4.60. The highest BCUT2D eigenvalue weighted by Crippen LogP contribution is 2.51. The molecule has 3 aliphatic carbocycles. The van der Waals surface area contributed by atoms with Crippen molar-refractivity contribution in [3.63, 3.8) is 0 Å². The number of ketones is 2. The zero-order valence-corrected chi connectivity index (χ0v) is 13.2. The van der Waals surface area contributed by atoms with Gasteiger partial charge >= 0.3 is 0 Å². The van der Waals surface area contributed by atoms with Crippen molar-refractivity contribution in [2.24, 2.45) is 0 Å². The van der Waals surface area contributed by atoms with Gasteiger partial charge in [-0.3, -0.25) is 9.59 Å². The predicted octanol–water partition coefficient (Wildman–Crippen LogP) is 4.05. The maximum Gasteiger partial charge on any atom is 0.211 e.